The van der Waals surface area contributed by atoms with E-state index in [4.69, 9.17) is 30.4 Å². The molecule has 1 aliphatic heterocycles. The molecular formula is C73H87FN6O17. The number of amides is 6. The average molecular weight is 1340 g/mol. The highest BCUT2D eigenvalue weighted by atomic mass is 19.1. The second-order valence-corrected chi connectivity index (χ2v) is 26.8. The van der Waals surface area contributed by atoms with Gasteiger partial charge in [0, 0.05) is 78.9 Å². The van der Waals surface area contributed by atoms with Crippen LogP contribution in [0.25, 0.3) is 6.08 Å². The Balaban J connectivity index is 0.934. The van der Waals surface area contributed by atoms with E-state index in [9.17, 15) is 57.8 Å². The number of nitrogens with one attached hydrogen (secondary N) is 4. The lowest BCUT2D eigenvalue weighted by molar-refractivity contribution is -0.312. The number of ketones is 2. The van der Waals surface area contributed by atoms with Crippen molar-refractivity contribution in [3.05, 3.63) is 161 Å². The molecule has 0 spiro atoms. The number of nitrogens with two attached hydrogens (primary N) is 2. The first kappa shape index (κ1) is 73.5. The van der Waals surface area contributed by atoms with Crippen molar-refractivity contribution < 1.29 is 86.3 Å². The fourth-order valence-corrected chi connectivity index (χ4v) is 14.5. The van der Waals surface area contributed by atoms with E-state index >= 15 is 9.59 Å². The Bertz CT molecular complexity index is 3680. The van der Waals surface area contributed by atoms with E-state index in [2.05, 4.69) is 21.3 Å². The molecule has 97 heavy (non-hydrogen) atoms. The fourth-order valence-electron chi connectivity index (χ4n) is 14.5. The summed E-state index contributed by atoms with van der Waals surface area (Å²) in [5.74, 6) is -12.0. The van der Waals surface area contributed by atoms with Crippen molar-refractivity contribution in [3.8, 4) is 0 Å². The quantitative estimate of drug-likeness (QED) is 0.0103. The zero-order valence-electron chi connectivity index (χ0n) is 55.5. The van der Waals surface area contributed by atoms with Crippen LogP contribution in [0.4, 0.5) is 4.39 Å². The first-order valence-electron chi connectivity index (χ1n) is 32.7. The van der Waals surface area contributed by atoms with E-state index in [1.54, 1.807) is 132 Å². The van der Waals surface area contributed by atoms with Crippen LogP contribution >= 0.6 is 0 Å². The van der Waals surface area contributed by atoms with Gasteiger partial charge in [-0.05, 0) is 111 Å². The van der Waals surface area contributed by atoms with Gasteiger partial charge in [0.05, 0.1) is 42.3 Å². The molecule has 3 fully saturated rings. The molecule has 0 radical (unpaired) electrons. The summed E-state index contributed by atoms with van der Waals surface area (Å²) in [7, 11) is 0. The van der Waals surface area contributed by atoms with Gasteiger partial charge in [-0.25, -0.2) is 14.0 Å². The van der Waals surface area contributed by atoms with E-state index in [1.165, 1.54) is 31.2 Å². The number of rotatable bonds is 29. The molecule has 2 bridgehead atoms. The van der Waals surface area contributed by atoms with Crippen molar-refractivity contribution in [2.75, 3.05) is 13.2 Å². The van der Waals surface area contributed by atoms with Gasteiger partial charge in [0.15, 0.2) is 5.78 Å². The highest BCUT2D eigenvalue weighted by Gasteiger charge is 2.75. The Morgan fingerprint density at radius 2 is 1.42 bits per heavy atom. The first-order valence-corrected chi connectivity index (χ1v) is 32.7. The summed E-state index contributed by atoms with van der Waals surface area (Å²) in [6, 6.07) is 26.2. The molecular weight excluding hydrogens is 1250 g/mol. The number of ether oxygens (including phenoxy) is 4. The van der Waals surface area contributed by atoms with E-state index in [1.807, 2.05) is 6.92 Å². The third-order valence-electron chi connectivity index (χ3n) is 20.0. The number of hydrogen-bond donors (Lipinski definition) is 8. The summed E-state index contributed by atoms with van der Waals surface area (Å²) >= 11 is 0. The van der Waals surface area contributed by atoms with Crippen molar-refractivity contribution >= 4 is 71.0 Å². The summed E-state index contributed by atoms with van der Waals surface area (Å²) in [5, 5.41) is 36.6. The smallest absolute Gasteiger partial charge is 0.350 e. The molecule has 4 aliphatic rings. The molecule has 0 aromatic heterocycles. The van der Waals surface area contributed by atoms with Gasteiger partial charge in [-0.2, -0.15) is 0 Å². The number of aliphatic hydroxyl groups excluding tert-OH is 1. The minimum atomic E-state index is -2.17. The Hall–Kier alpha value is -9.26. The molecule has 3 aliphatic carbocycles. The second-order valence-electron chi connectivity index (χ2n) is 26.8. The van der Waals surface area contributed by atoms with Crippen LogP contribution in [0.15, 0.2) is 132 Å². The lowest BCUT2D eigenvalue weighted by Crippen LogP contribution is -2.77. The molecule has 24 heteroatoms. The van der Waals surface area contributed by atoms with Crippen LogP contribution in [0.5, 0.6) is 0 Å². The Kier molecular flexibility index (Phi) is 23.7. The molecule has 2 saturated carbocycles. The van der Waals surface area contributed by atoms with Crippen LogP contribution in [0.1, 0.15) is 151 Å². The van der Waals surface area contributed by atoms with E-state index in [0.717, 1.165) is 6.08 Å². The molecule has 518 valence electrons. The van der Waals surface area contributed by atoms with Crippen molar-refractivity contribution in [1.82, 2.24) is 21.3 Å². The summed E-state index contributed by atoms with van der Waals surface area (Å²) in [5.41, 5.74) is 6.91. The summed E-state index contributed by atoms with van der Waals surface area (Å²) < 4.78 is 38.6. The first-order chi connectivity index (χ1) is 45.9. The minimum Gasteiger partial charge on any atom is -0.455 e. The lowest BCUT2D eigenvalue weighted by atomic mass is 9.41. The monoisotopic (exact) mass is 1340 g/mol. The van der Waals surface area contributed by atoms with Crippen molar-refractivity contribution in [2.45, 2.75) is 167 Å². The number of esters is 3. The molecule has 4 aromatic carbocycles. The van der Waals surface area contributed by atoms with Gasteiger partial charge in [0.2, 0.25) is 35.6 Å². The van der Waals surface area contributed by atoms with Gasteiger partial charge < -0.3 is 61.9 Å². The van der Waals surface area contributed by atoms with Gasteiger partial charge in [-0.3, -0.25) is 43.2 Å². The lowest BCUT2D eigenvalue weighted by Gasteiger charge is -2.68. The minimum absolute atomic E-state index is 0.0418. The summed E-state index contributed by atoms with van der Waals surface area (Å²) in [6.07, 6.45) is -5.97. The number of fused-ring (bicyclic) bond motifs is 5. The molecule has 1 saturated heterocycles. The number of primary amides is 2. The predicted octanol–water partition coefficient (Wildman–Crippen LogP) is 5.93. The Labute approximate surface area is 562 Å². The van der Waals surface area contributed by atoms with Gasteiger partial charge in [0.25, 0.3) is 5.91 Å². The standard InChI is InChI=1S/C73H87FN6O17/c1-41-52(39-73(93)64(97-68(91)47-25-15-10-16-26-47)62-71(6)40-94-54(71)38-53(82)72(62,7)63(87)42(2)59(41)70(73,4)5)95-69(92)61(60(45-21-11-8-12-22-45)80-67(90)46-23-13-9-14-24-46)96-58(86)34-33-55(83)77-35-18-17-28-50(66(76)89)79-57(85)32-30-48(65(75)88)37-51(81)43(3)78-56(84)31-29-44-20-19-27-49(74)36-44/h8-16,19-27,29,31,36,42-43,48,50,52-54,60-62,64,82,93H,17-18,28,30,32-35,37-40H2,1-7H3,(H2,75,88)(H2,76,89)(H,77,83)(H,78,84)(H,79,85)(H,80,90)/b31-29+/t42-,43?,48-,50?,52+,53+,54-,60+,61-,62-,64+,71-,72-,73-/m1/s1. The second kappa shape index (κ2) is 31.3. The van der Waals surface area contributed by atoms with Crippen molar-refractivity contribution in [2.24, 2.45) is 45.5 Å². The number of unbranched alkanes of at least 4 members (excludes halogenated alkanes) is 1. The molecule has 1 heterocycles. The number of halogens is 1. The van der Waals surface area contributed by atoms with Crippen LogP contribution in [0.3, 0.4) is 0 Å². The largest absolute Gasteiger partial charge is 0.455 e. The molecule has 23 nitrogen and oxygen atoms in total. The molecule has 8 rings (SSSR count). The molecule has 2 unspecified atom stereocenters. The average Bonchev–Trinajstić information content (AvgIpc) is 0.674. The highest BCUT2D eigenvalue weighted by molar-refractivity contribution is 5.98. The maximum Gasteiger partial charge on any atom is 0.350 e. The van der Waals surface area contributed by atoms with Crippen molar-refractivity contribution in [1.29, 1.82) is 0 Å². The predicted molar refractivity (Wildman–Crippen MR) is 351 cm³/mol. The normalized spacial score (nSPS) is 25.4. The van der Waals surface area contributed by atoms with Crippen LogP contribution in [0.2, 0.25) is 0 Å². The maximum absolute atomic E-state index is 15.5. The van der Waals surface area contributed by atoms with Gasteiger partial charge in [-0.1, -0.05) is 107 Å². The van der Waals surface area contributed by atoms with Crippen LogP contribution in [-0.2, 0) is 62.1 Å². The van der Waals surface area contributed by atoms with Crippen molar-refractivity contribution in [3.63, 3.8) is 0 Å². The summed E-state index contributed by atoms with van der Waals surface area (Å²) in [4.78, 5) is 150. The molecule has 4 aromatic rings. The summed E-state index contributed by atoms with van der Waals surface area (Å²) in [6.45, 7) is 11.9. The van der Waals surface area contributed by atoms with Crippen LogP contribution in [-0.4, -0.2) is 136 Å². The fraction of sp³-hybridized carbons (Fsp3) is 0.466. The Morgan fingerprint density at radius 3 is 2.04 bits per heavy atom. The van der Waals surface area contributed by atoms with Gasteiger partial charge in [0.1, 0.15) is 41.5 Å². The zero-order chi connectivity index (χ0) is 70.7. The Morgan fingerprint density at radius 1 is 0.773 bits per heavy atom. The molecule has 6 amide bonds. The topological polar surface area (TPSA) is 365 Å². The van der Waals surface area contributed by atoms with E-state index < -0.39 is 179 Å². The number of hydrogen-bond acceptors (Lipinski definition) is 17. The zero-order valence-corrected chi connectivity index (χ0v) is 55.5. The highest BCUT2D eigenvalue weighted by Crippen LogP contribution is 2.66. The number of Topliss-reactive ketones (excluding diaryl/α,β-unsaturated/α-hetero) is 2. The van der Waals surface area contributed by atoms with E-state index in [0.29, 0.717) is 22.3 Å². The third kappa shape index (κ3) is 16.6. The molecule has 10 N–H and O–H groups in total. The van der Waals surface area contributed by atoms with Crippen LogP contribution in [0, 0.1) is 39.8 Å². The number of carbonyl (C=O) groups is 11. The van der Waals surface area contributed by atoms with Gasteiger partial charge in [-0.15, -0.1) is 0 Å². The van der Waals surface area contributed by atoms with E-state index in [-0.39, 0.29) is 68.6 Å². The van der Waals surface area contributed by atoms with Gasteiger partial charge >= 0.3 is 17.9 Å². The number of benzene rings is 4. The SMILES string of the molecule is CC1=C2[C@@H](C)C(=O)[C@@]3(C)[C@H]([C@H](OC(=O)c4ccccc4)[C@](O)(C[C@@H]1OC(=O)[C@H](OC(=O)CCC(=O)NCCCCC(NC(=O)CC[C@H](CC(=O)C(C)NC(=O)/C=C/c1cccc(F)c1)C(N)=O)C(N)=O)[C@@H](NC(=O)c1ccccc1)c1ccccc1)C2(C)C)[C@]1(C)CO[C@@H]1C[C@@H]3O. The number of aliphatic hydroxyl groups is 2. The molecule has 14 atom stereocenters. The third-order valence-corrected chi connectivity index (χ3v) is 20.0. The maximum atomic E-state index is 15.5. The number of carbonyl (C=O) groups excluding carboxylic acids is 11. The van der Waals surface area contributed by atoms with Crippen LogP contribution < -0.4 is 32.7 Å².